The van der Waals surface area contributed by atoms with Crippen molar-refractivity contribution in [3.63, 3.8) is 0 Å². The number of aliphatic imine (C=N–C) groups is 1. The number of para-hydroxylation sites is 1. The number of nitrogens with zero attached hydrogens (tertiary/aromatic N) is 6. The van der Waals surface area contributed by atoms with Crippen molar-refractivity contribution in [2.45, 2.75) is 25.4 Å². The lowest BCUT2D eigenvalue weighted by molar-refractivity contribution is 0.0131. The molecule has 0 bridgehead atoms. The molecule has 5 rings (SSSR count). The lowest BCUT2D eigenvalue weighted by Gasteiger charge is -2.23. The van der Waals surface area contributed by atoms with Gasteiger partial charge in [-0.25, -0.2) is 0 Å². The molecule has 1 aromatic carbocycles. The SMILES string of the molecule is CN1C(=O)c2ccccc2[N+]2C=NC(n3cc(C4(C)CCCO4)nn3)=C12. The Morgan fingerprint density at radius 3 is 2.96 bits per heavy atom. The van der Waals surface area contributed by atoms with Crippen LogP contribution >= 0.6 is 0 Å². The topological polar surface area (TPSA) is 78.5 Å². The number of anilines is 1. The molecule has 1 fully saturated rings. The third-order valence-corrected chi connectivity index (χ3v) is 5.21. The summed E-state index contributed by atoms with van der Waals surface area (Å²) in [4.78, 5) is 20.7. The number of carbonyl (C=O) groups excluding carboxylic acids is 1. The van der Waals surface area contributed by atoms with E-state index in [1.807, 2.05) is 42.3 Å². The minimum atomic E-state index is -0.410. The summed E-state index contributed by atoms with van der Waals surface area (Å²) in [6, 6.07) is 7.50. The van der Waals surface area contributed by atoms with Crippen LogP contribution in [-0.2, 0) is 10.3 Å². The third kappa shape index (κ3) is 2.03. The van der Waals surface area contributed by atoms with Crippen molar-refractivity contribution in [1.82, 2.24) is 24.8 Å². The van der Waals surface area contributed by atoms with Gasteiger partial charge < -0.3 is 4.74 Å². The summed E-state index contributed by atoms with van der Waals surface area (Å²) in [6.07, 6.45) is 5.48. The molecule has 0 aliphatic carbocycles. The second-order valence-electron chi connectivity index (χ2n) is 6.87. The zero-order valence-corrected chi connectivity index (χ0v) is 14.6. The molecule has 0 saturated carbocycles. The molecule has 1 atom stereocenters. The standard InChI is InChI=1S/C18H18N6O2/c1-18(8-5-9-26-18)14-10-24(21-20-14)15-16-22(2)17(25)12-6-3-4-7-13(12)23(16)11-19-15/h3-4,6-7,10-11H,5,8-9H2,1-2H3/q+1. The Balaban J connectivity index is 1.60. The van der Waals surface area contributed by atoms with Gasteiger partial charge in [0, 0.05) is 19.7 Å². The van der Waals surface area contributed by atoms with E-state index in [1.165, 1.54) is 0 Å². The molecule has 2 aromatic rings. The first-order valence-electron chi connectivity index (χ1n) is 8.60. The van der Waals surface area contributed by atoms with Gasteiger partial charge in [0.15, 0.2) is 0 Å². The smallest absolute Gasteiger partial charge is 0.318 e. The van der Waals surface area contributed by atoms with E-state index >= 15 is 0 Å². The number of benzene rings is 1. The van der Waals surface area contributed by atoms with Crippen LogP contribution in [-0.4, -0.2) is 45.8 Å². The second-order valence-corrected chi connectivity index (χ2v) is 6.87. The van der Waals surface area contributed by atoms with Crippen LogP contribution in [0, 0.1) is 0 Å². The van der Waals surface area contributed by atoms with E-state index in [1.54, 1.807) is 23.0 Å². The fourth-order valence-corrected chi connectivity index (χ4v) is 3.71. The number of carbonyl (C=O) groups is 1. The van der Waals surface area contributed by atoms with Crippen molar-refractivity contribution in [2.75, 3.05) is 13.7 Å². The lowest BCUT2D eigenvalue weighted by atomic mass is 10.00. The minimum Gasteiger partial charge on any atom is -0.369 e. The van der Waals surface area contributed by atoms with E-state index in [4.69, 9.17) is 4.74 Å². The fraction of sp³-hybridized carbons (Fsp3) is 0.333. The first-order valence-corrected chi connectivity index (χ1v) is 8.60. The van der Waals surface area contributed by atoms with Crippen LogP contribution in [0.15, 0.2) is 41.3 Å². The number of fused-ring (bicyclic) bond motifs is 3. The van der Waals surface area contributed by atoms with E-state index in [0.29, 0.717) is 17.2 Å². The molecule has 1 unspecified atom stereocenters. The molecule has 26 heavy (non-hydrogen) atoms. The highest BCUT2D eigenvalue weighted by atomic mass is 16.5. The van der Waals surface area contributed by atoms with Crippen LogP contribution in [0.3, 0.4) is 0 Å². The van der Waals surface area contributed by atoms with Gasteiger partial charge in [-0.05, 0) is 30.7 Å². The molecule has 1 amide bonds. The average molecular weight is 350 g/mol. The Morgan fingerprint density at radius 2 is 2.15 bits per heavy atom. The molecular formula is C18H18N6O2+. The fourth-order valence-electron chi connectivity index (χ4n) is 3.71. The summed E-state index contributed by atoms with van der Waals surface area (Å²) >= 11 is 0. The molecular weight excluding hydrogens is 332 g/mol. The summed E-state index contributed by atoms with van der Waals surface area (Å²) in [5, 5.41) is 8.54. The summed E-state index contributed by atoms with van der Waals surface area (Å²) in [7, 11) is 1.74. The molecule has 1 radical (unpaired) electrons. The Hall–Kier alpha value is -2.84. The van der Waals surface area contributed by atoms with E-state index in [-0.39, 0.29) is 5.91 Å². The molecule has 1 saturated heterocycles. The number of rotatable bonds is 2. The Morgan fingerprint density at radius 1 is 1.31 bits per heavy atom. The predicted molar refractivity (Wildman–Crippen MR) is 94.6 cm³/mol. The summed E-state index contributed by atoms with van der Waals surface area (Å²) < 4.78 is 7.47. The van der Waals surface area contributed by atoms with Gasteiger partial charge in [0.2, 0.25) is 11.5 Å². The van der Waals surface area contributed by atoms with Crippen LogP contribution in [0.5, 0.6) is 0 Å². The lowest BCUT2D eigenvalue weighted by Crippen LogP contribution is -2.41. The van der Waals surface area contributed by atoms with Crippen molar-refractivity contribution in [3.8, 4) is 0 Å². The second kappa shape index (κ2) is 5.33. The van der Waals surface area contributed by atoms with Crippen LogP contribution in [0.1, 0.15) is 35.8 Å². The van der Waals surface area contributed by atoms with Crippen molar-refractivity contribution in [1.29, 1.82) is 0 Å². The molecule has 4 heterocycles. The highest BCUT2D eigenvalue weighted by Crippen LogP contribution is 2.37. The van der Waals surface area contributed by atoms with Gasteiger partial charge in [-0.2, -0.15) is 9.67 Å². The van der Waals surface area contributed by atoms with Crippen molar-refractivity contribution < 1.29 is 9.53 Å². The average Bonchev–Trinajstić information content (AvgIpc) is 3.38. The van der Waals surface area contributed by atoms with Crippen LogP contribution in [0.2, 0.25) is 0 Å². The molecule has 8 nitrogen and oxygen atoms in total. The maximum absolute atomic E-state index is 12.7. The number of amides is 1. The van der Waals surface area contributed by atoms with Gasteiger partial charge >= 0.3 is 5.82 Å². The van der Waals surface area contributed by atoms with Gasteiger partial charge in [0.25, 0.3) is 12.2 Å². The third-order valence-electron chi connectivity index (χ3n) is 5.21. The maximum atomic E-state index is 12.7. The number of aromatic nitrogens is 3. The van der Waals surface area contributed by atoms with Gasteiger partial charge in [0.1, 0.15) is 16.9 Å². The molecule has 0 spiro atoms. The molecule has 3 aliphatic rings. The van der Waals surface area contributed by atoms with Crippen molar-refractivity contribution in [3.05, 3.63) is 47.5 Å². The first kappa shape index (κ1) is 15.4. The minimum absolute atomic E-state index is 0.0683. The van der Waals surface area contributed by atoms with E-state index in [2.05, 4.69) is 15.3 Å². The predicted octanol–water partition coefficient (Wildman–Crippen LogP) is 1.99. The molecule has 131 valence electrons. The highest BCUT2D eigenvalue weighted by molar-refractivity contribution is 6.06. The molecule has 8 heteroatoms. The normalized spacial score (nSPS) is 25.2. The summed E-state index contributed by atoms with van der Waals surface area (Å²) in [5.41, 5.74) is 1.84. The van der Waals surface area contributed by atoms with Crippen LogP contribution in [0.25, 0.3) is 5.82 Å². The van der Waals surface area contributed by atoms with Crippen LogP contribution in [0.4, 0.5) is 5.69 Å². The molecule has 0 N–H and O–H groups in total. The Bertz CT molecular complexity index is 970. The largest absolute Gasteiger partial charge is 0.369 e. The van der Waals surface area contributed by atoms with Crippen molar-refractivity contribution >= 4 is 23.8 Å². The Labute approximate surface area is 150 Å². The highest BCUT2D eigenvalue weighted by Gasteiger charge is 2.47. The number of hydrogen-bond acceptors (Lipinski definition) is 6. The summed E-state index contributed by atoms with van der Waals surface area (Å²) in [6.45, 7) is 2.76. The number of hydrogen-bond donors (Lipinski definition) is 0. The molecule has 3 aliphatic heterocycles. The monoisotopic (exact) mass is 350 g/mol. The summed E-state index contributed by atoms with van der Waals surface area (Å²) in [5.74, 6) is 1.17. The van der Waals surface area contributed by atoms with Gasteiger partial charge in [0.05, 0.1) is 6.20 Å². The van der Waals surface area contributed by atoms with E-state index in [9.17, 15) is 4.79 Å². The van der Waals surface area contributed by atoms with Crippen molar-refractivity contribution in [2.24, 2.45) is 4.99 Å². The quantitative estimate of drug-likeness (QED) is 0.776. The van der Waals surface area contributed by atoms with Gasteiger partial charge in [-0.15, -0.1) is 5.10 Å². The zero-order chi connectivity index (χ0) is 17.9. The zero-order valence-electron chi connectivity index (χ0n) is 14.6. The van der Waals surface area contributed by atoms with Gasteiger partial charge in [-0.1, -0.05) is 17.3 Å². The number of ether oxygens (including phenoxy) is 1. The van der Waals surface area contributed by atoms with E-state index in [0.717, 1.165) is 30.8 Å². The molecule has 1 aromatic heterocycles. The van der Waals surface area contributed by atoms with Gasteiger partial charge in [-0.3, -0.25) is 9.69 Å². The Kier molecular flexibility index (Phi) is 3.16. The van der Waals surface area contributed by atoms with E-state index < -0.39 is 5.60 Å². The van der Waals surface area contributed by atoms with Crippen LogP contribution < -0.4 is 4.90 Å². The first-order chi connectivity index (χ1) is 12.6. The maximum Gasteiger partial charge on any atom is 0.318 e.